The molecule has 0 aromatic heterocycles. The van der Waals surface area contributed by atoms with Crippen LogP contribution in [0.2, 0.25) is 0 Å². The van der Waals surface area contributed by atoms with E-state index in [9.17, 15) is 0 Å². The number of anilines is 2. The SMILES string of the molecule is CC1=CC(N(C2=CC3=C(CC2)C2=C(C=C(N(c4ccccc4)c4cccc(C)c4)CC2)C32c3ccccc3-c3ccccc32)C2C=CC=CC2)=CCC1. The zero-order valence-electron chi connectivity index (χ0n) is 30.9. The van der Waals surface area contributed by atoms with Gasteiger partial charge in [0, 0.05) is 28.5 Å². The highest BCUT2D eigenvalue weighted by atomic mass is 15.2. The van der Waals surface area contributed by atoms with Crippen LogP contribution in [-0.2, 0) is 5.41 Å². The van der Waals surface area contributed by atoms with Gasteiger partial charge in [-0.25, -0.2) is 0 Å². The maximum atomic E-state index is 2.69. The van der Waals surface area contributed by atoms with Crippen LogP contribution in [0.3, 0.4) is 0 Å². The van der Waals surface area contributed by atoms with Crippen LogP contribution in [0.15, 0.2) is 197 Å². The Bertz CT molecular complexity index is 2360. The van der Waals surface area contributed by atoms with Gasteiger partial charge in [-0.3, -0.25) is 0 Å². The largest absolute Gasteiger partial charge is 0.338 e. The number of aryl methyl sites for hydroxylation is 1. The number of hydrogen-bond donors (Lipinski definition) is 0. The lowest BCUT2D eigenvalue weighted by Crippen LogP contribution is -2.35. The molecule has 1 unspecified atom stereocenters. The van der Waals surface area contributed by atoms with Crippen molar-refractivity contribution in [3.05, 3.63) is 213 Å². The van der Waals surface area contributed by atoms with Crippen molar-refractivity contribution in [2.45, 2.75) is 70.3 Å². The highest BCUT2D eigenvalue weighted by molar-refractivity contribution is 5.90. The van der Waals surface area contributed by atoms with Crippen LogP contribution in [-0.4, -0.2) is 10.9 Å². The van der Waals surface area contributed by atoms with Gasteiger partial charge in [0.2, 0.25) is 0 Å². The first-order chi connectivity index (χ1) is 26.1. The van der Waals surface area contributed by atoms with Gasteiger partial charge in [0.1, 0.15) is 0 Å². The van der Waals surface area contributed by atoms with Crippen molar-refractivity contribution in [2.75, 3.05) is 4.90 Å². The zero-order valence-corrected chi connectivity index (χ0v) is 30.9. The Morgan fingerprint density at radius 2 is 1.26 bits per heavy atom. The van der Waals surface area contributed by atoms with E-state index >= 15 is 0 Å². The highest BCUT2D eigenvalue weighted by Gasteiger charge is 2.54. The third-order valence-corrected chi connectivity index (χ3v) is 12.4. The third kappa shape index (κ3) is 5.06. The summed E-state index contributed by atoms with van der Waals surface area (Å²) in [6.07, 6.45) is 26.8. The number of fused-ring (bicyclic) bond motifs is 8. The Balaban J connectivity index is 1.20. The lowest BCUT2D eigenvalue weighted by Gasteiger charge is -2.40. The van der Waals surface area contributed by atoms with E-state index in [1.54, 1.807) is 11.1 Å². The van der Waals surface area contributed by atoms with Crippen molar-refractivity contribution < 1.29 is 0 Å². The molecule has 4 aromatic rings. The number of hydrogen-bond acceptors (Lipinski definition) is 2. The van der Waals surface area contributed by atoms with E-state index in [-0.39, 0.29) is 5.41 Å². The second-order valence-corrected chi connectivity index (χ2v) is 15.6. The normalized spacial score (nSPS) is 20.6. The Morgan fingerprint density at radius 1 is 0.604 bits per heavy atom. The minimum Gasteiger partial charge on any atom is -0.338 e. The predicted molar refractivity (Wildman–Crippen MR) is 221 cm³/mol. The smallest absolute Gasteiger partial charge is 0.0720 e. The van der Waals surface area contributed by atoms with Gasteiger partial charge in [-0.05, 0) is 151 Å². The standard InChI is InChI=1S/C51H46N2/c1-35-15-13-21-39(31-35)52(37-17-5-3-6-18-37)41-27-29-45-46-30-28-42(53(38-19-7-4-8-20-38)40-22-14-16-36(2)32-40)34-50(46)51(49(45)33-41)47-25-11-9-23-43(47)44-24-10-12-26-48(44)51/h3-13,15,17-19,21-26,31-34,38H,14,16,20,27-30H2,1-2H3. The van der Waals surface area contributed by atoms with E-state index in [0.717, 1.165) is 44.9 Å². The van der Waals surface area contributed by atoms with Crippen LogP contribution in [0.5, 0.6) is 0 Å². The third-order valence-electron chi connectivity index (χ3n) is 12.4. The van der Waals surface area contributed by atoms with Crippen molar-refractivity contribution in [1.29, 1.82) is 0 Å². The summed E-state index contributed by atoms with van der Waals surface area (Å²) in [5, 5.41) is 0. The molecule has 1 spiro atoms. The molecule has 0 N–H and O–H groups in total. The van der Waals surface area contributed by atoms with Crippen LogP contribution in [0, 0.1) is 6.92 Å². The fraction of sp³-hybridized carbons (Fsp3) is 0.216. The van der Waals surface area contributed by atoms with E-state index in [1.807, 2.05) is 0 Å². The first kappa shape index (κ1) is 32.1. The molecular formula is C51H46N2. The summed E-state index contributed by atoms with van der Waals surface area (Å²) in [7, 11) is 0. The van der Waals surface area contributed by atoms with Gasteiger partial charge in [-0.1, -0.05) is 115 Å². The minimum atomic E-state index is -0.370. The molecule has 2 heteroatoms. The Kier molecular flexibility index (Phi) is 7.76. The van der Waals surface area contributed by atoms with Crippen molar-refractivity contribution in [3.8, 4) is 11.1 Å². The lowest BCUT2D eigenvalue weighted by atomic mass is 9.67. The quantitative estimate of drug-likeness (QED) is 0.199. The van der Waals surface area contributed by atoms with Gasteiger partial charge >= 0.3 is 0 Å². The topological polar surface area (TPSA) is 6.48 Å². The van der Waals surface area contributed by atoms with Crippen molar-refractivity contribution in [1.82, 2.24) is 4.90 Å². The van der Waals surface area contributed by atoms with Gasteiger partial charge < -0.3 is 9.80 Å². The summed E-state index contributed by atoms with van der Waals surface area (Å²) >= 11 is 0. The molecule has 1 atom stereocenters. The van der Waals surface area contributed by atoms with Crippen LogP contribution in [0.1, 0.15) is 68.6 Å². The lowest BCUT2D eigenvalue weighted by molar-refractivity contribution is 0.353. The molecule has 0 saturated heterocycles. The van der Waals surface area contributed by atoms with Gasteiger partial charge in [-0.2, -0.15) is 0 Å². The van der Waals surface area contributed by atoms with Crippen LogP contribution >= 0.6 is 0 Å². The molecule has 53 heavy (non-hydrogen) atoms. The Morgan fingerprint density at radius 3 is 1.94 bits per heavy atom. The van der Waals surface area contributed by atoms with E-state index in [1.165, 1.54) is 73.0 Å². The molecule has 2 nitrogen and oxygen atoms in total. The zero-order chi connectivity index (χ0) is 35.5. The van der Waals surface area contributed by atoms with Crippen LogP contribution in [0.4, 0.5) is 11.4 Å². The Labute approximate surface area is 314 Å². The first-order valence-electron chi connectivity index (χ1n) is 19.6. The summed E-state index contributed by atoms with van der Waals surface area (Å²) in [5.41, 5.74) is 20.7. The molecule has 260 valence electrons. The van der Waals surface area contributed by atoms with Gasteiger partial charge in [0.15, 0.2) is 0 Å². The minimum absolute atomic E-state index is 0.310. The van der Waals surface area contributed by atoms with E-state index in [0.29, 0.717) is 6.04 Å². The summed E-state index contributed by atoms with van der Waals surface area (Å²) < 4.78 is 0. The molecule has 0 saturated carbocycles. The monoisotopic (exact) mass is 686 g/mol. The molecule has 0 heterocycles. The van der Waals surface area contributed by atoms with E-state index in [4.69, 9.17) is 0 Å². The summed E-state index contributed by atoms with van der Waals surface area (Å²) in [6, 6.07) is 38.8. The second-order valence-electron chi connectivity index (χ2n) is 15.6. The molecule has 0 amide bonds. The predicted octanol–water partition coefficient (Wildman–Crippen LogP) is 12.9. The molecular weight excluding hydrogens is 641 g/mol. The molecule has 0 fully saturated rings. The Hall–Kier alpha value is -5.60. The number of benzene rings is 4. The fourth-order valence-electron chi connectivity index (χ4n) is 10.2. The molecule has 4 aromatic carbocycles. The van der Waals surface area contributed by atoms with Gasteiger partial charge in [0.05, 0.1) is 11.5 Å². The highest BCUT2D eigenvalue weighted by Crippen LogP contribution is 2.65. The molecule has 6 aliphatic rings. The first-order valence-corrected chi connectivity index (χ1v) is 19.6. The van der Waals surface area contributed by atoms with Gasteiger partial charge in [-0.15, -0.1) is 0 Å². The summed E-state index contributed by atoms with van der Waals surface area (Å²) in [4.78, 5) is 5.21. The number of nitrogens with zero attached hydrogens (tertiary/aromatic N) is 2. The average Bonchev–Trinajstić information content (AvgIpc) is 3.66. The van der Waals surface area contributed by atoms with Gasteiger partial charge in [0.25, 0.3) is 0 Å². The number of para-hydroxylation sites is 1. The van der Waals surface area contributed by atoms with Crippen molar-refractivity contribution in [3.63, 3.8) is 0 Å². The van der Waals surface area contributed by atoms with Crippen molar-refractivity contribution in [2.24, 2.45) is 0 Å². The fourth-order valence-corrected chi connectivity index (χ4v) is 10.2. The maximum absolute atomic E-state index is 2.69. The maximum Gasteiger partial charge on any atom is 0.0720 e. The average molecular weight is 687 g/mol. The van der Waals surface area contributed by atoms with Crippen LogP contribution < -0.4 is 4.90 Å². The summed E-state index contributed by atoms with van der Waals surface area (Å²) in [6.45, 7) is 4.50. The van der Waals surface area contributed by atoms with E-state index < -0.39 is 0 Å². The molecule has 6 aliphatic carbocycles. The molecule has 0 aliphatic heterocycles. The molecule has 0 radical (unpaired) electrons. The van der Waals surface area contributed by atoms with E-state index in [2.05, 4.69) is 175 Å². The van der Waals surface area contributed by atoms with Crippen LogP contribution in [0.25, 0.3) is 11.1 Å². The summed E-state index contributed by atoms with van der Waals surface area (Å²) in [5.74, 6) is 0. The molecule has 0 bridgehead atoms. The second kappa shape index (κ2) is 12.8. The van der Waals surface area contributed by atoms with Crippen molar-refractivity contribution >= 4 is 11.4 Å². The number of rotatable bonds is 6. The molecule has 10 rings (SSSR count). The number of allylic oxidation sites excluding steroid dienone is 13.